The van der Waals surface area contributed by atoms with E-state index in [4.69, 9.17) is 11.6 Å². The van der Waals surface area contributed by atoms with Crippen molar-refractivity contribution in [2.45, 2.75) is 19.2 Å². The first-order valence-electron chi connectivity index (χ1n) is 6.55. The van der Waals surface area contributed by atoms with Crippen LogP contribution in [0.2, 0.25) is 0 Å². The van der Waals surface area contributed by atoms with Gasteiger partial charge in [0, 0.05) is 4.47 Å². The number of fused-ring (bicyclic) bond motifs is 1. The van der Waals surface area contributed by atoms with Gasteiger partial charge in [0.1, 0.15) is 5.82 Å². The molecule has 0 aliphatic heterocycles. The van der Waals surface area contributed by atoms with Crippen molar-refractivity contribution in [2.24, 2.45) is 0 Å². The summed E-state index contributed by atoms with van der Waals surface area (Å²) >= 11 is 9.62. The molecule has 0 bridgehead atoms. The molecule has 0 aliphatic rings. The van der Waals surface area contributed by atoms with Gasteiger partial charge in [0.2, 0.25) is 0 Å². The highest BCUT2D eigenvalue weighted by atomic mass is 79.9. The SMILES string of the molecule is CCc1cc(Br)ccc1-n1c(CCl)nc2ccccc21. The predicted molar refractivity (Wildman–Crippen MR) is 87.7 cm³/mol. The molecule has 3 aromatic rings. The zero-order chi connectivity index (χ0) is 14.1. The number of benzene rings is 2. The summed E-state index contributed by atoms with van der Waals surface area (Å²) in [5.74, 6) is 1.28. The second-order valence-electron chi connectivity index (χ2n) is 4.61. The second kappa shape index (κ2) is 5.58. The van der Waals surface area contributed by atoms with Gasteiger partial charge in [0.05, 0.1) is 22.6 Å². The summed E-state index contributed by atoms with van der Waals surface area (Å²) in [7, 11) is 0. The van der Waals surface area contributed by atoms with Crippen LogP contribution in [0.25, 0.3) is 16.7 Å². The van der Waals surface area contributed by atoms with Crippen molar-refractivity contribution in [3.05, 3.63) is 58.3 Å². The Morgan fingerprint density at radius 3 is 2.75 bits per heavy atom. The van der Waals surface area contributed by atoms with Gasteiger partial charge in [-0.1, -0.05) is 35.0 Å². The molecule has 0 N–H and O–H groups in total. The zero-order valence-electron chi connectivity index (χ0n) is 11.1. The third-order valence-electron chi connectivity index (χ3n) is 3.41. The molecule has 0 saturated heterocycles. The molecule has 2 aromatic carbocycles. The van der Waals surface area contributed by atoms with Gasteiger partial charge >= 0.3 is 0 Å². The van der Waals surface area contributed by atoms with Crippen molar-refractivity contribution in [1.29, 1.82) is 0 Å². The molecular weight excluding hydrogens is 336 g/mol. The van der Waals surface area contributed by atoms with Crippen molar-refractivity contribution in [2.75, 3.05) is 0 Å². The number of imidazole rings is 1. The van der Waals surface area contributed by atoms with Crippen LogP contribution in [-0.2, 0) is 12.3 Å². The van der Waals surface area contributed by atoms with Crippen LogP contribution in [0.1, 0.15) is 18.3 Å². The quantitative estimate of drug-likeness (QED) is 0.602. The highest BCUT2D eigenvalue weighted by Gasteiger charge is 2.13. The molecule has 0 radical (unpaired) electrons. The van der Waals surface area contributed by atoms with Gasteiger partial charge < -0.3 is 0 Å². The number of rotatable bonds is 3. The first-order valence-corrected chi connectivity index (χ1v) is 7.88. The van der Waals surface area contributed by atoms with E-state index in [1.54, 1.807) is 0 Å². The fourth-order valence-corrected chi connectivity index (χ4v) is 3.08. The molecule has 0 spiro atoms. The van der Waals surface area contributed by atoms with E-state index in [-0.39, 0.29) is 0 Å². The molecule has 1 heterocycles. The number of nitrogens with zero attached hydrogens (tertiary/aromatic N) is 2. The molecule has 0 amide bonds. The van der Waals surface area contributed by atoms with Gasteiger partial charge in [0.15, 0.2) is 0 Å². The maximum absolute atomic E-state index is 6.09. The molecule has 0 fully saturated rings. The number of hydrogen-bond acceptors (Lipinski definition) is 1. The molecule has 0 unspecified atom stereocenters. The minimum absolute atomic E-state index is 0.397. The van der Waals surface area contributed by atoms with Crippen LogP contribution in [0.5, 0.6) is 0 Å². The van der Waals surface area contributed by atoms with Crippen LogP contribution in [0.4, 0.5) is 0 Å². The van der Waals surface area contributed by atoms with E-state index in [0.29, 0.717) is 5.88 Å². The molecule has 102 valence electrons. The Labute approximate surface area is 131 Å². The second-order valence-corrected chi connectivity index (χ2v) is 5.80. The highest BCUT2D eigenvalue weighted by Crippen LogP contribution is 2.27. The van der Waals surface area contributed by atoms with Crippen molar-refractivity contribution < 1.29 is 0 Å². The third kappa shape index (κ3) is 2.25. The number of halogens is 2. The van der Waals surface area contributed by atoms with E-state index in [9.17, 15) is 0 Å². The molecule has 4 heteroatoms. The summed E-state index contributed by atoms with van der Waals surface area (Å²) in [6.45, 7) is 2.16. The Balaban J connectivity index is 2.33. The lowest BCUT2D eigenvalue weighted by atomic mass is 10.1. The molecule has 3 rings (SSSR count). The Morgan fingerprint density at radius 2 is 2.00 bits per heavy atom. The van der Waals surface area contributed by atoms with E-state index in [1.165, 1.54) is 5.56 Å². The molecule has 0 saturated carbocycles. The zero-order valence-corrected chi connectivity index (χ0v) is 13.4. The van der Waals surface area contributed by atoms with Crippen molar-refractivity contribution in [3.8, 4) is 5.69 Å². The van der Waals surface area contributed by atoms with Gasteiger partial charge in [-0.15, -0.1) is 11.6 Å². The van der Waals surface area contributed by atoms with Crippen LogP contribution in [0.3, 0.4) is 0 Å². The van der Waals surface area contributed by atoms with Crippen molar-refractivity contribution in [3.63, 3.8) is 0 Å². The number of aryl methyl sites for hydroxylation is 1. The maximum Gasteiger partial charge on any atom is 0.129 e. The van der Waals surface area contributed by atoms with E-state index >= 15 is 0 Å². The van der Waals surface area contributed by atoms with Gasteiger partial charge in [-0.3, -0.25) is 4.57 Å². The summed E-state index contributed by atoms with van der Waals surface area (Å²) in [5, 5.41) is 0. The monoisotopic (exact) mass is 348 g/mol. The summed E-state index contributed by atoms with van der Waals surface area (Å²) < 4.78 is 3.25. The highest BCUT2D eigenvalue weighted by molar-refractivity contribution is 9.10. The fourth-order valence-electron chi connectivity index (χ4n) is 2.49. The maximum atomic E-state index is 6.09. The molecule has 20 heavy (non-hydrogen) atoms. The Hall–Kier alpha value is -1.32. The van der Waals surface area contributed by atoms with Crippen LogP contribution in [-0.4, -0.2) is 9.55 Å². The van der Waals surface area contributed by atoms with E-state index in [1.807, 2.05) is 18.2 Å². The van der Waals surface area contributed by atoms with Crippen molar-refractivity contribution in [1.82, 2.24) is 9.55 Å². The molecule has 1 aromatic heterocycles. The van der Waals surface area contributed by atoms with E-state index in [0.717, 1.165) is 33.4 Å². The first kappa shape index (κ1) is 13.7. The van der Waals surface area contributed by atoms with Gasteiger partial charge in [-0.05, 0) is 42.3 Å². The molecule has 0 aliphatic carbocycles. The van der Waals surface area contributed by atoms with Crippen LogP contribution in [0.15, 0.2) is 46.9 Å². The number of alkyl halides is 1. The number of hydrogen-bond donors (Lipinski definition) is 0. The number of para-hydroxylation sites is 2. The summed E-state index contributed by atoms with van der Waals surface area (Å²) in [6, 6.07) is 14.5. The minimum Gasteiger partial charge on any atom is -0.295 e. The Bertz CT molecular complexity index is 764. The van der Waals surface area contributed by atoms with E-state index in [2.05, 4.69) is 56.7 Å². The standard InChI is InChI=1S/C16H14BrClN2/c1-2-11-9-12(17)7-8-14(11)20-15-6-4-3-5-13(15)19-16(20)10-18/h3-9H,2,10H2,1H3. The Kier molecular flexibility index (Phi) is 3.81. The predicted octanol–water partition coefficient (Wildman–Crippen LogP) is 5.09. The summed E-state index contributed by atoms with van der Waals surface area (Å²) in [5.41, 5.74) is 4.50. The Morgan fingerprint density at radius 1 is 1.20 bits per heavy atom. The van der Waals surface area contributed by atoms with Gasteiger partial charge in [-0.2, -0.15) is 0 Å². The molecule has 0 atom stereocenters. The average molecular weight is 350 g/mol. The summed E-state index contributed by atoms with van der Waals surface area (Å²) in [6.07, 6.45) is 0.961. The van der Waals surface area contributed by atoms with Crippen LogP contribution < -0.4 is 0 Å². The van der Waals surface area contributed by atoms with Crippen LogP contribution in [0, 0.1) is 0 Å². The number of aromatic nitrogens is 2. The lowest BCUT2D eigenvalue weighted by Crippen LogP contribution is -2.03. The lowest BCUT2D eigenvalue weighted by molar-refractivity contribution is 0.954. The lowest BCUT2D eigenvalue weighted by Gasteiger charge is -2.13. The molecular formula is C16H14BrClN2. The summed E-state index contributed by atoms with van der Waals surface area (Å²) in [4.78, 5) is 4.62. The fraction of sp³-hybridized carbons (Fsp3) is 0.188. The third-order valence-corrected chi connectivity index (χ3v) is 4.15. The topological polar surface area (TPSA) is 17.8 Å². The van der Waals surface area contributed by atoms with Crippen LogP contribution >= 0.6 is 27.5 Å². The first-order chi connectivity index (χ1) is 9.74. The molecule has 2 nitrogen and oxygen atoms in total. The van der Waals surface area contributed by atoms with Gasteiger partial charge in [-0.25, -0.2) is 4.98 Å². The largest absolute Gasteiger partial charge is 0.295 e. The normalized spacial score (nSPS) is 11.2. The van der Waals surface area contributed by atoms with E-state index < -0.39 is 0 Å². The van der Waals surface area contributed by atoms with Crippen molar-refractivity contribution >= 4 is 38.6 Å². The smallest absolute Gasteiger partial charge is 0.129 e. The van der Waals surface area contributed by atoms with Gasteiger partial charge in [0.25, 0.3) is 0 Å². The average Bonchev–Trinajstić information content (AvgIpc) is 2.85. The minimum atomic E-state index is 0.397.